The highest BCUT2D eigenvalue weighted by molar-refractivity contribution is 5.45. The van der Waals surface area contributed by atoms with Gasteiger partial charge in [0, 0.05) is 18.2 Å². The van der Waals surface area contributed by atoms with Crippen LogP contribution in [-0.4, -0.2) is 18.8 Å². The molecule has 0 heterocycles. The molecule has 0 amide bonds. The van der Waals surface area contributed by atoms with E-state index in [-0.39, 0.29) is 12.6 Å². The van der Waals surface area contributed by atoms with Gasteiger partial charge in [0.2, 0.25) is 0 Å². The lowest BCUT2D eigenvalue weighted by atomic mass is 9.95. The molecular weight excluding hydrogens is 190 g/mol. The molecule has 1 unspecified atom stereocenters. The maximum Gasteiger partial charge on any atom is 0.123 e. The number of aliphatic hydroxyl groups is 1. The monoisotopic (exact) mass is 209 g/mol. The summed E-state index contributed by atoms with van der Waals surface area (Å²) in [6, 6.07) is 3.78. The second-order valence-electron chi connectivity index (χ2n) is 3.74. The Morgan fingerprint density at radius 2 is 2.07 bits per heavy atom. The average Bonchev–Trinajstić information content (AvgIpc) is 2.22. The second kappa shape index (κ2) is 5.14. The molecule has 0 fully saturated rings. The molecule has 3 nitrogen and oxygen atoms in total. The van der Waals surface area contributed by atoms with Gasteiger partial charge in [-0.2, -0.15) is 0 Å². The van der Waals surface area contributed by atoms with Gasteiger partial charge >= 0.3 is 0 Å². The fourth-order valence-corrected chi connectivity index (χ4v) is 1.73. The van der Waals surface area contributed by atoms with Crippen molar-refractivity contribution in [1.29, 1.82) is 0 Å². The summed E-state index contributed by atoms with van der Waals surface area (Å²) in [4.78, 5) is 0. The van der Waals surface area contributed by atoms with Crippen LogP contribution < -0.4 is 10.5 Å². The minimum atomic E-state index is -0.162. The molecule has 0 aliphatic rings. The molecule has 0 saturated carbocycles. The number of hydrogen-bond donors (Lipinski definition) is 2. The minimum Gasteiger partial charge on any atom is -0.496 e. The highest BCUT2D eigenvalue weighted by Gasteiger charge is 2.15. The van der Waals surface area contributed by atoms with Crippen LogP contribution in [0.3, 0.4) is 0 Å². The largest absolute Gasteiger partial charge is 0.496 e. The van der Waals surface area contributed by atoms with E-state index < -0.39 is 0 Å². The average molecular weight is 209 g/mol. The summed E-state index contributed by atoms with van der Waals surface area (Å²) in [6.45, 7) is 4.17. The third-order valence-corrected chi connectivity index (χ3v) is 2.78. The van der Waals surface area contributed by atoms with Crippen molar-refractivity contribution in [2.45, 2.75) is 26.3 Å². The third-order valence-electron chi connectivity index (χ3n) is 2.78. The Hall–Kier alpha value is -1.06. The number of aryl methyl sites for hydroxylation is 1. The first kappa shape index (κ1) is 12.0. The molecule has 0 aliphatic carbocycles. The Morgan fingerprint density at radius 3 is 2.60 bits per heavy atom. The first-order valence-electron chi connectivity index (χ1n) is 5.12. The van der Waals surface area contributed by atoms with Crippen molar-refractivity contribution in [1.82, 2.24) is 0 Å². The molecule has 0 aliphatic heterocycles. The van der Waals surface area contributed by atoms with Gasteiger partial charge in [0.1, 0.15) is 5.75 Å². The van der Waals surface area contributed by atoms with Crippen LogP contribution in [0.15, 0.2) is 12.1 Å². The van der Waals surface area contributed by atoms with Crippen LogP contribution in [-0.2, 0) is 0 Å². The summed E-state index contributed by atoms with van der Waals surface area (Å²) in [6.07, 6.45) is 0.556. The molecule has 0 saturated heterocycles. The van der Waals surface area contributed by atoms with Crippen molar-refractivity contribution < 1.29 is 9.84 Å². The Balaban J connectivity index is 3.17. The van der Waals surface area contributed by atoms with Crippen LogP contribution in [0.2, 0.25) is 0 Å². The van der Waals surface area contributed by atoms with E-state index in [2.05, 4.69) is 0 Å². The first-order chi connectivity index (χ1) is 7.11. The molecule has 3 heteroatoms. The zero-order valence-electron chi connectivity index (χ0n) is 9.58. The van der Waals surface area contributed by atoms with E-state index in [0.717, 1.165) is 16.9 Å². The molecule has 1 atom stereocenters. The summed E-state index contributed by atoms with van der Waals surface area (Å²) >= 11 is 0. The van der Waals surface area contributed by atoms with Gasteiger partial charge in [-0.05, 0) is 37.5 Å². The molecule has 15 heavy (non-hydrogen) atoms. The quantitative estimate of drug-likeness (QED) is 0.793. The zero-order chi connectivity index (χ0) is 11.4. The molecule has 0 radical (unpaired) electrons. The number of benzene rings is 1. The highest BCUT2D eigenvalue weighted by atomic mass is 16.5. The van der Waals surface area contributed by atoms with E-state index >= 15 is 0 Å². The standard InChI is InChI=1S/C12H19NO2/c1-8-4-5-11(15-3)12(9(8)2)10(13)6-7-14/h4-5,10,14H,6-7,13H2,1-3H3. The van der Waals surface area contributed by atoms with Gasteiger partial charge < -0.3 is 15.6 Å². The van der Waals surface area contributed by atoms with E-state index in [9.17, 15) is 0 Å². The van der Waals surface area contributed by atoms with Crippen LogP contribution in [0.25, 0.3) is 0 Å². The van der Waals surface area contributed by atoms with E-state index in [1.54, 1.807) is 7.11 Å². The van der Waals surface area contributed by atoms with E-state index in [1.165, 1.54) is 5.56 Å². The fraction of sp³-hybridized carbons (Fsp3) is 0.500. The summed E-state index contributed by atoms with van der Waals surface area (Å²) in [5, 5.41) is 8.90. The SMILES string of the molecule is COc1ccc(C)c(C)c1C(N)CCO. The van der Waals surface area contributed by atoms with Gasteiger partial charge in [-0.3, -0.25) is 0 Å². The smallest absolute Gasteiger partial charge is 0.123 e. The number of aliphatic hydroxyl groups excluding tert-OH is 1. The molecule has 1 rings (SSSR count). The maximum atomic E-state index is 8.90. The van der Waals surface area contributed by atoms with Crippen LogP contribution in [0.1, 0.15) is 29.2 Å². The molecular formula is C12H19NO2. The third kappa shape index (κ3) is 2.49. The Morgan fingerprint density at radius 1 is 1.40 bits per heavy atom. The molecule has 1 aromatic carbocycles. The van der Waals surface area contributed by atoms with Crippen molar-refractivity contribution in [3.63, 3.8) is 0 Å². The van der Waals surface area contributed by atoms with Gasteiger partial charge in [-0.15, -0.1) is 0 Å². The topological polar surface area (TPSA) is 55.5 Å². The van der Waals surface area contributed by atoms with Gasteiger partial charge in [0.25, 0.3) is 0 Å². The number of hydrogen-bond acceptors (Lipinski definition) is 3. The molecule has 84 valence electrons. The van der Waals surface area contributed by atoms with Crippen LogP contribution in [0, 0.1) is 13.8 Å². The Labute approximate surface area is 90.9 Å². The normalized spacial score (nSPS) is 12.6. The lowest BCUT2D eigenvalue weighted by Gasteiger charge is -2.19. The zero-order valence-corrected chi connectivity index (χ0v) is 9.58. The van der Waals surface area contributed by atoms with Crippen molar-refractivity contribution in [2.24, 2.45) is 5.73 Å². The van der Waals surface area contributed by atoms with Crippen LogP contribution >= 0.6 is 0 Å². The number of ether oxygens (including phenoxy) is 1. The number of rotatable bonds is 4. The highest BCUT2D eigenvalue weighted by Crippen LogP contribution is 2.30. The Bertz CT molecular complexity index is 337. The molecule has 0 bridgehead atoms. The molecule has 1 aromatic rings. The lowest BCUT2D eigenvalue weighted by molar-refractivity contribution is 0.275. The summed E-state index contributed by atoms with van der Waals surface area (Å²) in [5.74, 6) is 0.805. The Kier molecular flexibility index (Phi) is 4.12. The van der Waals surface area contributed by atoms with Crippen LogP contribution in [0.5, 0.6) is 5.75 Å². The van der Waals surface area contributed by atoms with Gasteiger partial charge in [-0.25, -0.2) is 0 Å². The van der Waals surface area contributed by atoms with Crippen molar-refractivity contribution in [2.75, 3.05) is 13.7 Å². The van der Waals surface area contributed by atoms with Gasteiger partial charge in [0.05, 0.1) is 7.11 Å². The van der Waals surface area contributed by atoms with E-state index in [4.69, 9.17) is 15.6 Å². The van der Waals surface area contributed by atoms with Gasteiger partial charge in [-0.1, -0.05) is 6.07 Å². The predicted octanol–water partition coefficient (Wildman–Crippen LogP) is 1.69. The molecule has 0 spiro atoms. The van der Waals surface area contributed by atoms with Crippen molar-refractivity contribution >= 4 is 0 Å². The fourth-order valence-electron chi connectivity index (χ4n) is 1.73. The first-order valence-corrected chi connectivity index (χ1v) is 5.12. The summed E-state index contributed by atoms with van der Waals surface area (Å²) in [5.41, 5.74) is 9.36. The van der Waals surface area contributed by atoms with E-state index in [0.29, 0.717) is 6.42 Å². The number of nitrogens with two attached hydrogens (primary N) is 1. The minimum absolute atomic E-state index is 0.0949. The molecule has 0 aromatic heterocycles. The summed E-state index contributed by atoms with van der Waals surface area (Å²) in [7, 11) is 1.64. The maximum absolute atomic E-state index is 8.90. The number of methoxy groups -OCH3 is 1. The van der Waals surface area contributed by atoms with Gasteiger partial charge in [0.15, 0.2) is 0 Å². The lowest BCUT2D eigenvalue weighted by Crippen LogP contribution is -2.15. The van der Waals surface area contributed by atoms with Crippen molar-refractivity contribution in [3.05, 3.63) is 28.8 Å². The van der Waals surface area contributed by atoms with E-state index in [1.807, 2.05) is 26.0 Å². The van der Waals surface area contributed by atoms with Crippen molar-refractivity contribution in [3.8, 4) is 5.75 Å². The predicted molar refractivity (Wildman–Crippen MR) is 61.1 cm³/mol. The summed E-state index contributed by atoms with van der Waals surface area (Å²) < 4.78 is 5.29. The second-order valence-corrected chi connectivity index (χ2v) is 3.74. The molecule has 3 N–H and O–H groups in total. The van der Waals surface area contributed by atoms with Crippen LogP contribution in [0.4, 0.5) is 0 Å².